The number of hydrogen-bond donors (Lipinski definition) is 1. The van der Waals surface area contributed by atoms with Crippen LogP contribution < -0.4 is 4.90 Å². The molecule has 0 aliphatic rings. The minimum absolute atomic E-state index is 0.0390. The highest BCUT2D eigenvalue weighted by Gasteiger charge is 2.14. The molecule has 0 saturated carbocycles. The number of carbonyl (C=O) groups is 1. The van der Waals surface area contributed by atoms with Crippen molar-refractivity contribution >= 4 is 38.4 Å². The number of hydrogen-bond acceptors (Lipinski definition) is 4. The number of para-hydroxylation sites is 2. The molecule has 140 valence electrons. The number of nitrogens with zero attached hydrogens (tertiary/aromatic N) is 2. The SMILES string of the molecule is CS(=O)(=O)CCCN(C(=O)C=Cc1n[nH]c2ccccc12)c1ccccc1. The lowest BCUT2D eigenvalue weighted by atomic mass is 10.2. The highest BCUT2D eigenvalue weighted by molar-refractivity contribution is 7.90. The molecule has 2 aromatic carbocycles. The van der Waals surface area contributed by atoms with E-state index in [0.717, 1.165) is 16.6 Å². The van der Waals surface area contributed by atoms with E-state index in [0.29, 0.717) is 18.7 Å². The normalized spacial score (nSPS) is 11.9. The predicted molar refractivity (Wildman–Crippen MR) is 108 cm³/mol. The summed E-state index contributed by atoms with van der Waals surface area (Å²) in [6.45, 7) is 0.321. The number of rotatable bonds is 7. The Hall–Kier alpha value is -2.93. The summed E-state index contributed by atoms with van der Waals surface area (Å²) in [4.78, 5) is 14.4. The van der Waals surface area contributed by atoms with E-state index < -0.39 is 9.84 Å². The summed E-state index contributed by atoms with van der Waals surface area (Å²) >= 11 is 0. The van der Waals surface area contributed by atoms with E-state index in [1.165, 1.54) is 12.3 Å². The number of nitrogens with one attached hydrogen (secondary N) is 1. The van der Waals surface area contributed by atoms with Crippen LogP contribution in [-0.4, -0.2) is 43.1 Å². The second-order valence-corrected chi connectivity index (χ2v) is 8.56. The second-order valence-electron chi connectivity index (χ2n) is 6.30. The van der Waals surface area contributed by atoms with E-state index in [2.05, 4.69) is 10.2 Å². The number of aromatic amines is 1. The van der Waals surface area contributed by atoms with Crippen molar-refractivity contribution in [1.29, 1.82) is 0 Å². The lowest BCUT2D eigenvalue weighted by Crippen LogP contribution is -2.31. The van der Waals surface area contributed by atoms with Crippen LogP contribution in [0, 0.1) is 0 Å². The molecular formula is C20H21N3O3S. The zero-order valence-corrected chi connectivity index (χ0v) is 15.8. The molecule has 0 saturated heterocycles. The monoisotopic (exact) mass is 383 g/mol. The fourth-order valence-electron chi connectivity index (χ4n) is 2.81. The number of carbonyl (C=O) groups excluding carboxylic acids is 1. The van der Waals surface area contributed by atoms with E-state index in [1.807, 2.05) is 54.6 Å². The predicted octanol–water partition coefficient (Wildman–Crippen LogP) is 3.04. The largest absolute Gasteiger partial charge is 0.309 e. The summed E-state index contributed by atoms with van der Waals surface area (Å²) in [6, 6.07) is 16.9. The van der Waals surface area contributed by atoms with Gasteiger partial charge in [0.15, 0.2) is 0 Å². The highest BCUT2D eigenvalue weighted by atomic mass is 32.2. The van der Waals surface area contributed by atoms with Gasteiger partial charge in [0.1, 0.15) is 9.84 Å². The van der Waals surface area contributed by atoms with Gasteiger partial charge in [-0.3, -0.25) is 9.89 Å². The van der Waals surface area contributed by atoms with Crippen LogP contribution in [-0.2, 0) is 14.6 Å². The third kappa shape index (κ3) is 5.04. The van der Waals surface area contributed by atoms with Gasteiger partial charge in [0, 0.05) is 30.0 Å². The zero-order chi connectivity index (χ0) is 19.3. The van der Waals surface area contributed by atoms with Crippen LogP contribution in [0.4, 0.5) is 5.69 Å². The number of aromatic nitrogens is 2. The Morgan fingerprint density at radius 2 is 1.81 bits per heavy atom. The van der Waals surface area contributed by atoms with Gasteiger partial charge in [-0.2, -0.15) is 5.10 Å². The van der Waals surface area contributed by atoms with Crippen LogP contribution in [0.2, 0.25) is 0 Å². The maximum atomic E-state index is 12.8. The van der Waals surface area contributed by atoms with Gasteiger partial charge in [-0.15, -0.1) is 0 Å². The number of fused-ring (bicyclic) bond motifs is 1. The highest BCUT2D eigenvalue weighted by Crippen LogP contribution is 2.18. The number of sulfone groups is 1. The summed E-state index contributed by atoms with van der Waals surface area (Å²) in [7, 11) is -3.07. The third-order valence-electron chi connectivity index (χ3n) is 4.11. The average Bonchev–Trinajstić information content (AvgIpc) is 3.06. The van der Waals surface area contributed by atoms with Gasteiger partial charge in [0.2, 0.25) is 0 Å². The molecule has 0 aliphatic carbocycles. The van der Waals surface area contributed by atoms with Gasteiger partial charge in [-0.05, 0) is 30.7 Å². The molecular weight excluding hydrogens is 362 g/mol. The molecule has 27 heavy (non-hydrogen) atoms. The molecule has 7 heteroatoms. The van der Waals surface area contributed by atoms with Gasteiger partial charge < -0.3 is 4.90 Å². The van der Waals surface area contributed by atoms with Gasteiger partial charge in [0.05, 0.1) is 17.0 Å². The molecule has 0 bridgehead atoms. The Labute approximate surface area is 158 Å². The fourth-order valence-corrected chi connectivity index (χ4v) is 3.46. The smallest absolute Gasteiger partial charge is 0.251 e. The molecule has 3 aromatic rings. The second kappa shape index (κ2) is 8.18. The van der Waals surface area contributed by atoms with Crippen molar-refractivity contribution in [1.82, 2.24) is 10.2 Å². The first kappa shape index (κ1) is 18.8. The fraction of sp³-hybridized carbons (Fsp3) is 0.200. The van der Waals surface area contributed by atoms with E-state index in [-0.39, 0.29) is 11.7 Å². The topological polar surface area (TPSA) is 83.1 Å². The van der Waals surface area contributed by atoms with E-state index in [1.54, 1.807) is 11.0 Å². The summed E-state index contributed by atoms with van der Waals surface area (Å²) < 4.78 is 22.8. The maximum Gasteiger partial charge on any atom is 0.251 e. The number of anilines is 1. The van der Waals surface area contributed by atoms with Crippen molar-refractivity contribution in [3.05, 3.63) is 66.4 Å². The Morgan fingerprint density at radius 1 is 1.11 bits per heavy atom. The Balaban J connectivity index is 1.79. The third-order valence-corrected chi connectivity index (χ3v) is 5.14. The molecule has 0 fully saturated rings. The molecule has 1 amide bonds. The van der Waals surface area contributed by atoms with Crippen molar-refractivity contribution < 1.29 is 13.2 Å². The van der Waals surface area contributed by atoms with Crippen molar-refractivity contribution in [3.63, 3.8) is 0 Å². The summed E-state index contributed by atoms with van der Waals surface area (Å²) in [6.07, 6.45) is 4.71. The minimum Gasteiger partial charge on any atom is -0.309 e. The van der Waals surface area contributed by atoms with Crippen molar-refractivity contribution in [3.8, 4) is 0 Å². The molecule has 1 N–H and O–H groups in total. The number of benzene rings is 2. The standard InChI is InChI=1S/C20H21N3O3S/c1-27(25,26)15-7-14-23(16-8-3-2-4-9-16)20(24)13-12-19-17-10-5-6-11-18(17)21-22-19/h2-6,8-13H,7,14-15H2,1H3,(H,21,22). The molecule has 0 unspecified atom stereocenters. The van der Waals surface area contributed by atoms with Crippen LogP contribution in [0.5, 0.6) is 0 Å². The Kier molecular flexibility index (Phi) is 5.71. The maximum absolute atomic E-state index is 12.8. The van der Waals surface area contributed by atoms with Crippen molar-refractivity contribution in [2.75, 3.05) is 23.5 Å². The molecule has 3 rings (SSSR count). The van der Waals surface area contributed by atoms with Crippen LogP contribution in [0.3, 0.4) is 0 Å². The first-order valence-corrected chi connectivity index (χ1v) is 10.7. The van der Waals surface area contributed by atoms with Gasteiger partial charge in [-0.1, -0.05) is 36.4 Å². The van der Waals surface area contributed by atoms with Crippen LogP contribution in [0.25, 0.3) is 17.0 Å². The van der Waals surface area contributed by atoms with Crippen molar-refractivity contribution in [2.45, 2.75) is 6.42 Å². The summed E-state index contributed by atoms with van der Waals surface area (Å²) in [5, 5.41) is 8.10. The van der Waals surface area contributed by atoms with Gasteiger partial charge in [0.25, 0.3) is 5.91 Å². The molecule has 0 spiro atoms. The van der Waals surface area contributed by atoms with Crippen LogP contribution in [0.15, 0.2) is 60.7 Å². The van der Waals surface area contributed by atoms with Crippen LogP contribution in [0.1, 0.15) is 12.1 Å². The minimum atomic E-state index is -3.07. The molecule has 0 radical (unpaired) electrons. The quantitative estimate of drug-likeness (QED) is 0.636. The first-order chi connectivity index (χ1) is 12.9. The number of amides is 1. The van der Waals surface area contributed by atoms with E-state index in [4.69, 9.17) is 0 Å². The Morgan fingerprint density at radius 3 is 2.56 bits per heavy atom. The van der Waals surface area contributed by atoms with E-state index in [9.17, 15) is 13.2 Å². The lowest BCUT2D eigenvalue weighted by Gasteiger charge is -2.21. The summed E-state index contributed by atoms with van der Waals surface area (Å²) in [5.74, 6) is -0.182. The first-order valence-electron chi connectivity index (χ1n) is 8.59. The van der Waals surface area contributed by atoms with Gasteiger partial charge in [-0.25, -0.2) is 8.42 Å². The molecule has 0 aliphatic heterocycles. The molecule has 1 heterocycles. The average molecular weight is 383 g/mol. The summed E-state index contributed by atoms with van der Waals surface area (Å²) in [5.41, 5.74) is 2.31. The molecule has 6 nitrogen and oxygen atoms in total. The lowest BCUT2D eigenvalue weighted by molar-refractivity contribution is -0.114. The molecule has 0 atom stereocenters. The van der Waals surface area contributed by atoms with E-state index >= 15 is 0 Å². The van der Waals surface area contributed by atoms with Crippen molar-refractivity contribution in [2.24, 2.45) is 0 Å². The Bertz CT molecular complexity index is 1060. The van der Waals surface area contributed by atoms with Gasteiger partial charge >= 0.3 is 0 Å². The molecule has 1 aromatic heterocycles. The zero-order valence-electron chi connectivity index (χ0n) is 15.0. The number of H-pyrrole nitrogens is 1. The van der Waals surface area contributed by atoms with Crippen LogP contribution >= 0.6 is 0 Å².